The molecular weight excluding hydrogens is 262 g/mol. The molecule has 0 aliphatic heterocycles. The highest BCUT2D eigenvalue weighted by molar-refractivity contribution is 7.74. The van der Waals surface area contributed by atoms with Crippen molar-refractivity contribution in [2.75, 3.05) is 7.11 Å². The smallest absolute Gasteiger partial charge is 0.357 e. The summed E-state index contributed by atoms with van der Waals surface area (Å²) in [5.41, 5.74) is -0.0304. The quantitative estimate of drug-likeness (QED) is 0.502. The van der Waals surface area contributed by atoms with Crippen LogP contribution in [0.4, 0.5) is 5.69 Å². The van der Waals surface area contributed by atoms with Gasteiger partial charge in [-0.3, -0.25) is 14.7 Å². The van der Waals surface area contributed by atoms with Crippen LogP contribution in [0.1, 0.15) is 25.3 Å². The summed E-state index contributed by atoms with van der Waals surface area (Å²) < 4.78 is 29.0. The molecule has 8 heteroatoms. The van der Waals surface area contributed by atoms with Crippen LogP contribution >= 0.6 is 0 Å². The minimum absolute atomic E-state index is 0.00154. The molecule has 0 bridgehead atoms. The zero-order valence-electron chi connectivity index (χ0n) is 10.1. The Morgan fingerprint density at radius 1 is 1.39 bits per heavy atom. The Bertz CT molecular complexity index is 488. The Balaban J connectivity index is 3.51. The van der Waals surface area contributed by atoms with Crippen molar-refractivity contribution in [3.63, 3.8) is 0 Å². The van der Waals surface area contributed by atoms with E-state index in [0.717, 1.165) is 0 Å². The number of ether oxygens (including phenoxy) is 1. The monoisotopic (exact) mass is 275 g/mol. The average Bonchev–Trinajstić information content (AvgIpc) is 2.26. The fourth-order valence-corrected chi connectivity index (χ4v) is 1.93. The lowest BCUT2D eigenvalue weighted by Crippen LogP contribution is -2.06. The van der Waals surface area contributed by atoms with Gasteiger partial charge in [0.1, 0.15) is 0 Å². The van der Waals surface area contributed by atoms with Crippen LogP contribution in [0.2, 0.25) is 0 Å². The molecule has 0 saturated carbocycles. The van der Waals surface area contributed by atoms with Crippen LogP contribution in [0.3, 0.4) is 0 Å². The van der Waals surface area contributed by atoms with Gasteiger partial charge in [0.05, 0.1) is 17.6 Å². The number of benzene rings is 1. The van der Waals surface area contributed by atoms with Crippen molar-refractivity contribution in [3.8, 4) is 11.5 Å². The van der Waals surface area contributed by atoms with E-state index < -0.39 is 16.3 Å². The molecule has 0 heterocycles. The van der Waals surface area contributed by atoms with Crippen LogP contribution in [0, 0.1) is 10.1 Å². The zero-order valence-corrected chi connectivity index (χ0v) is 10.9. The molecule has 1 aromatic rings. The predicted octanol–water partition coefficient (Wildman–Crippen LogP) is 2.24. The Morgan fingerprint density at radius 2 is 1.94 bits per heavy atom. The van der Waals surface area contributed by atoms with Crippen LogP contribution in [-0.4, -0.2) is 20.8 Å². The van der Waals surface area contributed by atoms with Crippen LogP contribution in [0.5, 0.6) is 11.5 Å². The van der Waals surface area contributed by atoms with Crippen LogP contribution < -0.4 is 8.92 Å². The molecule has 0 radical (unpaired) electrons. The first-order valence-corrected chi connectivity index (χ1v) is 6.06. The minimum atomic E-state index is -2.54. The zero-order chi connectivity index (χ0) is 13.9. The Labute approximate surface area is 106 Å². The maximum atomic E-state index is 11.1. The summed E-state index contributed by atoms with van der Waals surface area (Å²) in [4.78, 5) is 10.5. The van der Waals surface area contributed by atoms with Gasteiger partial charge in [-0.25, -0.2) is 0 Å². The SMILES string of the molecule is COc1ccc(OS(=O)O)c(C(C)C)c1[N+](=O)[O-]. The Hall–Kier alpha value is -1.67. The predicted molar refractivity (Wildman–Crippen MR) is 65.1 cm³/mol. The van der Waals surface area contributed by atoms with E-state index in [0.29, 0.717) is 0 Å². The molecular formula is C10H13NO6S. The topological polar surface area (TPSA) is 98.9 Å². The van der Waals surface area contributed by atoms with Crippen LogP contribution in [0.15, 0.2) is 12.1 Å². The molecule has 0 amide bonds. The number of nitro groups is 1. The molecule has 0 aliphatic carbocycles. The highest BCUT2D eigenvalue weighted by atomic mass is 32.2. The normalized spacial score (nSPS) is 12.3. The Morgan fingerprint density at radius 3 is 2.33 bits per heavy atom. The van der Waals surface area contributed by atoms with E-state index in [1.165, 1.54) is 19.2 Å². The number of nitro benzene ring substituents is 1. The van der Waals surface area contributed by atoms with E-state index in [-0.39, 0.29) is 28.7 Å². The van der Waals surface area contributed by atoms with Gasteiger partial charge in [-0.05, 0) is 18.1 Å². The fraction of sp³-hybridized carbons (Fsp3) is 0.400. The second-order valence-electron chi connectivity index (χ2n) is 3.74. The van der Waals surface area contributed by atoms with E-state index in [9.17, 15) is 14.3 Å². The molecule has 1 aromatic carbocycles. The number of hydrogen-bond donors (Lipinski definition) is 1. The largest absolute Gasteiger partial charge is 0.490 e. The summed E-state index contributed by atoms with van der Waals surface area (Å²) in [5.74, 6) is -0.183. The van der Waals surface area contributed by atoms with Crippen LogP contribution in [-0.2, 0) is 11.4 Å². The molecule has 0 aliphatic rings. The maximum absolute atomic E-state index is 11.1. The lowest BCUT2D eigenvalue weighted by molar-refractivity contribution is -0.386. The summed E-state index contributed by atoms with van der Waals surface area (Å²) in [6.07, 6.45) is 0. The van der Waals surface area contributed by atoms with E-state index in [4.69, 9.17) is 9.29 Å². The van der Waals surface area contributed by atoms with Crippen molar-refractivity contribution in [1.29, 1.82) is 0 Å². The molecule has 1 rings (SSSR count). The summed E-state index contributed by atoms with van der Waals surface area (Å²) >= 11 is -2.54. The van der Waals surface area contributed by atoms with Crippen molar-refractivity contribution in [3.05, 3.63) is 27.8 Å². The third kappa shape index (κ3) is 2.96. The summed E-state index contributed by atoms with van der Waals surface area (Å²) in [6, 6.07) is 2.70. The second-order valence-corrected chi connectivity index (χ2v) is 4.34. The van der Waals surface area contributed by atoms with Crippen molar-refractivity contribution < 1.29 is 22.6 Å². The third-order valence-electron chi connectivity index (χ3n) is 2.28. The van der Waals surface area contributed by atoms with Gasteiger partial charge in [0, 0.05) is 0 Å². The molecule has 0 spiro atoms. The summed E-state index contributed by atoms with van der Waals surface area (Å²) in [7, 11) is 1.32. The number of hydrogen-bond acceptors (Lipinski definition) is 5. The number of methoxy groups -OCH3 is 1. The lowest BCUT2D eigenvalue weighted by Gasteiger charge is -2.13. The van der Waals surface area contributed by atoms with Gasteiger partial charge in [-0.1, -0.05) is 13.8 Å². The second kappa shape index (κ2) is 5.78. The number of rotatable bonds is 5. The molecule has 1 unspecified atom stereocenters. The molecule has 1 N–H and O–H groups in total. The molecule has 0 fully saturated rings. The summed E-state index contributed by atoms with van der Waals surface area (Å²) in [5, 5.41) is 11.1. The fourth-order valence-electron chi connectivity index (χ4n) is 1.63. The highest BCUT2D eigenvalue weighted by Gasteiger charge is 2.27. The first-order valence-electron chi connectivity index (χ1n) is 5.03. The molecule has 0 saturated heterocycles. The minimum Gasteiger partial charge on any atom is -0.490 e. The van der Waals surface area contributed by atoms with Crippen molar-refractivity contribution in [2.45, 2.75) is 19.8 Å². The summed E-state index contributed by atoms with van der Waals surface area (Å²) in [6.45, 7) is 3.43. The van der Waals surface area contributed by atoms with Gasteiger partial charge >= 0.3 is 17.0 Å². The molecule has 18 heavy (non-hydrogen) atoms. The Kier molecular flexibility index (Phi) is 4.62. The van der Waals surface area contributed by atoms with Gasteiger partial charge in [-0.2, -0.15) is 4.21 Å². The number of nitrogens with zero attached hydrogens (tertiary/aromatic N) is 1. The third-order valence-corrected chi connectivity index (χ3v) is 2.60. The standard InChI is InChI=1S/C10H13NO6S/c1-6(2)9-7(17-18(14)15)4-5-8(16-3)10(9)11(12)13/h4-6H,1-3H3,(H,14,15). The van der Waals surface area contributed by atoms with Crippen molar-refractivity contribution in [2.24, 2.45) is 0 Å². The highest BCUT2D eigenvalue weighted by Crippen LogP contribution is 2.41. The van der Waals surface area contributed by atoms with Gasteiger partial charge in [0.2, 0.25) is 0 Å². The first-order chi connectivity index (χ1) is 8.38. The molecule has 7 nitrogen and oxygen atoms in total. The molecule has 100 valence electrons. The average molecular weight is 275 g/mol. The molecule has 1 atom stereocenters. The van der Waals surface area contributed by atoms with Crippen molar-refractivity contribution in [1.82, 2.24) is 0 Å². The van der Waals surface area contributed by atoms with Crippen molar-refractivity contribution >= 4 is 17.0 Å². The molecule has 0 aromatic heterocycles. The lowest BCUT2D eigenvalue weighted by atomic mass is 9.99. The van der Waals surface area contributed by atoms with Crippen LogP contribution in [0.25, 0.3) is 0 Å². The van der Waals surface area contributed by atoms with Gasteiger partial charge in [0.25, 0.3) is 0 Å². The van der Waals surface area contributed by atoms with Gasteiger partial charge in [-0.15, -0.1) is 0 Å². The van der Waals surface area contributed by atoms with Gasteiger partial charge in [0.15, 0.2) is 11.5 Å². The van der Waals surface area contributed by atoms with E-state index in [2.05, 4.69) is 4.18 Å². The van der Waals surface area contributed by atoms with Gasteiger partial charge < -0.3 is 8.92 Å². The van der Waals surface area contributed by atoms with E-state index in [1.54, 1.807) is 13.8 Å². The first kappa shape index (κ1) is 14.4. The van der Waals surface area contributed by atoms with E-state index in [1.807, 2.05) is 0 Å². The maximum Gasteiger partial charge on any atom is 0.357 e. The van der Waals surface area contributed by atoms with E-state index >= 15 is 0 Å².